The third kappa shape index (κ3) is 5.37. The minimum atomic E-state index is -6.24. The van der Waals surface area contributed by atoms with Gasteiger partial charge in [0.25, 0.3) is 0 Å². The van der Waals surface area contributed by atoms with Crippen molar-refractivity contribution >= 4 is 20.3 Å². The molecule has 0 N–H and O–H groups in total. The predicted molar refractivity (Wildman–Crippen MR) is 80.6 cm³/mol. The lowest BCUT2D eigenvalue weighted by molar-refractivity contribution is -0.330. The molecule has 0 bridgehead atoms. The Morgan fingerprint density at radius 1 is 0.960 bits per heavy atom. The maximum absolute atomic E-state index is 14.3. The van der Waals surface area contributed by atoms with Gasteiger partial charge in [0, 0.05) is 0 Å². The minimum absolute atomic E-state index is 0.366. The smallest absolute Gasteiger partial charge is 0.457 e. The van der Waals surface area contributed by atoms with Crippen molar-refractivity contribution in [2.45, 2.75) is 58.1 Å². The summed E-state index contributed by atoms with van der Waals surface area (Å²) in [6.07, 6.45) is -6.24. The van der Waals surface area contributed by atoms with Crippen molar-refractivity contribution in [1.82, 2.24) is 0 Å². The van der Waals surface area contributed by atoms with E-state index in [0.717, 1.165) is 0 Å². The highest BCUT2D eigenvalue weighted by Crippen LogP contribution is 2.47. The zero-order valence-electron chi connectivity index (χ0n) is 14.9. The normalized spacial score (nSPS) is 15.7. The average Bonchev–Trinajstić information content (AvgIpc) is 2.39. The lowest BCUT2D eigenvalue weighted by Gasteiger charge is -2.40. The summed E-state index contributed by atoms with van der Waals surface area (Å²) in [5.41, 5.74) is -4.25. The van der Waals surface area contributed by atoms with Gasteiger partial charge >= 0.3 is 29.6 Å². The summed E-state index contributed by atoms with van der Waals surface area (Å²) >= 11 is 0. The fraction of sp³-hybridized carbons (Fsp3) is 0.857. The van der Waals surface area contributed by atoms with Gasteiger partial charge in [-0.1, -0.05) is 13.8 Å². The minimum Gasteiger partial charge on any atom is -0.463 e. The van der Waals surface area contributed by atoms with Gasteiger partial charge in [-0.3, -0.25) is 0 Å². The number of rotatable bonds is 8. The van der Waals surface area contributed by atoms with Gasteiger partial charge in [-0.15, -0.1) is 0 Å². The molecule has 11 heteroatoms. The van der Waals surface area contributed by atoms with E-state index in [2.05, 4.69) is 9.47 Å². The van der Waals surface area contributed by atoms with Crippen LogP contribution in [0, 0.1) is 5.92 Å². The summed E-state index contributed by atoms with van der Waals surface area (Å²) in [5.74, 6) is -10.5. The second-order valence-corrected chi connectivity index (χ2v) is 11.1. The third-order valence-electron chi connectivity index (χ3n) is 2.66. The van der Waals surface area contributed by atoms with Crippen LogP contribution >= 0.6 is 0 Å². The fourth-order valence-corrected chi connectivity index (χ4v) is 2.94. The Kier molecular flexibility index (Phi) is 7.59. The van der Waals surface area contributed by atoms with E-state index in [1.165, 1.54) is 26.6 Å². The zero-order chi connectivity index (χ0) is 20.3. The Morgan fingerprint density at radius 2 is 1.40 bits per heavy atom. The molecule has 0 aliphatic rings. The van der Waals surface area contributed by atoms with Crippen LogP contribution in [0.25, 0.3) is 0 Å². The summed E-state index contributed by atoms with van der Waals surface area (Å²) in [7, 11) is -3.27. The highest BCUT2D eigenvalue weighted by molar-refractivity contribution is 6.70. The standard InChI is InChI=1S/C14H23F5O5Si/c1-7-22-10(20)12(24-25(4,5)6,11(21)23-8-9(2)3)13(15,16)14(17,18)19/h9H,7-8H2,1-6H3. The molecule has 0 rings (SSSR count). The number of alkyl halides is 5. The first-order valence-corrected chi connectivity index (χ1v) is 10.9. The summed E-state index contributed by atoms with van der Waals surface area (Å²) in [4.78, 5) is 24.4. The van der Waals surface area contributed by atoms with Crippen LogP contribution in [0.1, 0.15) is 20.8 Å². The van der Waals surface area contributed by atoms with Gasteiger partial charge in [0.05, 0.1) is 13.2 Å². The third-order valence-corrected chi connectivity index (χ3v) is 3.57. The van der Waals surface area contributed by atoms with Gasteiger partial charge in [-0.05, 0) is 32.5 Å². The molecule has 0 aromatic heterocycles. The lowest BCUT2D eigenvalue weighted by Crippen LogP contribution is -2.70. The SMILES string of the molecule is CCOC(=O)C(O[Si](C)(C)C)(C(=O)OCC(C)C)C(F)(F)C(F)(F)F. The molecule has 0 heterocycles. The van der Waals surface area contributed by atoms with Crippen LogP contribution in [0.15, 0.2) is 0 Å². The quantitative estimate of drug-likeness (QED) is 0.273. The van der Waals surface area contributed by atoms with E-state index in [0.29, 0.717) is 0 Å². The molecule has 5 nitrogen and oxygen atoms in total. The van der Waals surface area contributed by atoms with E-state index in [1.807, 2.05) is 0 Å². The monoisotopic (exact) mass is 394 g/mol. The molecule has 0 aliphatic heterocycles. The topological polar surface area (TPSA) is 61.8 Å². The first-order chi connectivity index (χ1) is 11.0. The van der Waals surface area contributed by atoms with Crippen molar-refractivity contribution in [3.63, 3.8) is 0 Å². The Morgan fingerprint density at radius 3 is 1.72 bits per heavy atom. The van der Waals surface area contributed by atoms with E-state index in [1.54, 1.807) is 13.8 Å². The van der Waals surface area contributed by atoms with Crippen LogP contribution in [0.2, 0.25) is 19.6 Å². The number of carbonyl (C=O) groups is 2. The Balaban J connectivity index is 6.44. The summed E-state index contributed by atoms with van der Waals surface area (Å²) in [6, 6.07) is 0. The van der Waals surface area contributed by atoms with Crippen molar-refractivity contribution in [3.8, 4) is 0 Å². The zero-order valence-corrected chi connectivity index (χ0v) is 15.9. The maximum atomic E-state index is 14.3. The summed E-state index contributed by atoms with van der Waals surface area (Å²) in [6.45, 7) is 7.04. The summed E-state index contributed by atoms with van der Waals surface area (Å²) < 4.78 is 81.4. The van der Waals surface area contributed by atoms with E-state index < -0.39 is 51.2 Å². The summed E-state index contributed by atoms with van der Waals surface area (Å²) in [5, 5.41) is 0. The molecule has 25 heavy (non-hydrogen) atoms. The molecule has 0 fully saturated rings. The molecule has 1 unspecified atom stereocenters. The predicted octanol–water partition coefficient (Wildman–Crippen LogP) is 3.54. The van der Waals surface area contributed by atoms with Crippen LogP contribution in [0.5, 0.6) is 0 Å². The Bertz CT molecular complexity index is 487. The van der Waals surface area contributed by atoms with Crippen molar-refractivity contribution in [3.05, 3.63) is 0 Å². The van der Waals surface area contributed by atoms with Crippen LogP contribution in [-0.4, -0.2) is 51.2 Å². The first-order valence-electron chi connectivity index (χ1n) is 7.52. The van der Waals surface area contributed by atoms with Crippen molar-refractivity contribution in [2.24, 2.45) is 5.92 Å². The van der Waals surface area contributed by atoms with Crippen LogP contribution in [0.3, 0.4) is 0 Å². The van der Waals surface area contributed by atoms with Crippen molar-refractivity contribution in [2.75, 3.05) is 13.2 Å². The number of hydrogen-bond donors (Lipinski definition) is 0. The second-order valence-electron chi connectivity index (χ2n) is 6.68. The van der Waals surface area contributed by atoms with Crippen LogP contribution in [0.4, 0.5) is 22.0 Å². The van der Waals surface area contributed by atoms with Crippen LogP contribution in [-0.2, 0) is 23.5 Å². The molecule has 0 amide bonds. The van der Waals surface area contributed by atoms with Crippen molar-refractivity contribution < 1.29 is 45.4 Å². The van der Waals surface area contributed by atoms with Gasteiger partial charge in [0.1, 0.15) is 0 Å². The van der Waals surface area contributed by atoms with Gasteiger partial charge in [0.2, 0.25) is 0 Å². The molecular formula is C14H23F5O5Si. The number of halogens is 5. The number of carbonyl (C=O) groups excluding carboxylic acids is 2. The number of ether oxygens (including phenoxy) is 2. The largest absolute Gasteiger partial charge is 0.463 e. The van der Waals surface area contributed by atoms with Gasteiger partial charge in [-0.25, -0.2) is 9.59 Å². The van der Waals surface area contributed by atoms with Crippen LogP contribution < -0.4 is 0 Å². The Labute approximate surface area is 143 Å². The molecule has 0 spiro atoms. The van der Waals surface area contributed by atoms with E-state index in [9.17, 15) is 31.5 Å². The Hall–Kier alpha value is -1.23. The molecule has 0 saturated carbocycles. The molecular weight excluding hydrogens is 371 g/mol. The van der Waals surface area contributed by atoms with E-state index in [-0.39, 0.29) is 5.92 Å². The molecule has 0 saturated heterocycles. The van der Waals surface area contributed by atoms with Gasteiger partial charge in [-0.2, -0.15) is 22.0 Å². The first kappa shape index (κ1) is 23.8. The molecule has 1 atom stereocenters. The lowest BCUT2D eigenvalue weighted by atomic mass is 9.94. The second kappa shape index (κ2) is 7.98. The van der Waals surface area contributed by atoms with Gasteiger partial charge < -0.3 is 13.9 Å². The molecule has 148 valence electrons. The average molecular weight is 394 g/mol. The maximum Gasteiger partial charge on any atom is 0.457 e. The van der Waals surface area contributed by atoms with Gasteiger partial charge in [0.15, 0.2) is 8.32 Å². The highest BCUT2D eigenvalue weighted by Gasteiger charge is 2.80. The number of hydrogen-bond acceptors (Lipinski definition) is 5. The number of esters is 2. The molecule has 0 aromatic rings. The molecule has 0 radical (unpaired) electrons. The van der Waals surface area contributed by atoms with E-state index in [4.69, 9.17) is 4.43 Å². The molecule has 0 aliphatic carbocycles. The van der Waals surface area contributed by atoms with Crippen molar-refractivity contribution in [1.29, 1.82) is 0 Å². The van der Waals surface area contributed by atoms with E-state index >= 15 is 0 Å². The molecule has 0 aromatic carbocycles. The fourth-order valence-electron chi connectivity index (χ4n) is 1.72. The highest BCUT2D eigenvalue weighted by atomic mass is 28.4.